The number of rotatable bonds is 9. The van der Waals surface area contributed by atoms with Gasteiger partial charge in [-0.2, -0.15) is 0 Å². The molecule has 1 unspecified atom stereocenters. The Balaban J connectivity index is 1.40. The number of carboxylic acids is 1. The Bertz CT molecular complexity index is 1180. The van der Waals surface area contributed by atoms with Crippen LogP contribution in [0.3, 0.4) is 0 Å². The van der Waals surface area contributed by atoms with Crippen LogP contribution >= 0.6 is 0 Å². The number of fused-ring (bicyclic) bond motifs is 3. The van der Waals surface area contributed by atoms with Crippen molar-refractivity contribution in [3.63, 3.8) is 0 Å². The minimum atomic E-state index is -1.28. The lowest BCUT2D eigenvalue weighted by Gasteiger charge is -2.19. The maximum atomic E-state index is 12.7. The zero-order valence-corrected chi connectivity index (χ0v) is 19.5. The van der Waals surface area contributed by atoms with Crippen LogP contribution in [0.15, 0.2) is 72.8 Å². The van der Waals surface area contributed by atoms with E-state index in [0.717, 1.165) is 40.7 Å². The van der Waals surface area contributed by atoms with Gasteiger partial charge in [0.1, 0.15) is 12.6 Å². The lowest BCUT2D eigenvalue weighted by Crippen LogP contribution is -2.45. The highest BCUT2D eigenvalue weighted by molar-refractivity contribution is 5.98. The molecule has 7 nitrogen and oxygen atoms in total. The molecule has 0 aromatic heterocycles. The van der Waals surface area contributed by atoms with E-state index in [9.17, 15) is 19.5 Å². The van der Waals surface area contributed by atoms with Crippen LogP contribution in [0.1, 0.15) is 42.4 Å². The molecule has 35 heavy (non-hydrogen) atoms. The molecule has 7 heteroatoms. The molecule has 3 aromatic rings. The third-order valence-corrected chi connectivity index (χ3v) is 6.09. The van der Waals surface area contributed by atoms with Crippen molar-refractivity contribution in [2.75, 3.05) is 11.9 Å². The summed E-state index contributed by atoms with van der Waals surface area (Å²) in [5.41, 5.74) is 6.00. The standard InChI is InChI=1S/C28H28N2O5/c1-2-7-18-12-14-19(15-13-18)29-27(33)25(16-26(31)32)30-28(34)35-17-24-22-10-5-3-8-20(22)21-9-4-6-11-23(21)24/h3-6,8-15,24-25H,2,7,16-17H2,1H3,(H,29,33)(H,30,34)(H,31,32). The van der Waals surface area contributed by atoms with Crippen LogP contribution in [0.5, 0.6) is 0 Å². The normalized spacial score (nSPS) is 12.8. The Morgan fingerprint density at radius 3 is 2.09 bits per heavy atom. The van der Waals surface area contributed by atoms with E-state index in [1.807, 2.05) is 60.7 Å². The zero-order chi connectivity index (χ0) is 24.8. The fourth-order valence-corrected chi connectivity index (χ4v) is 4.44. The third kappa shape index (κ3) is 5.69. The van der Waals surface area contributed by atoms with Gasteiger partial charge in [0.2, 0.25) is 5.91 Å². The average Bonchev–Trinajstić information content (AvgIpc) is 3.17. The van der Waals surface area contributed by atoms with Gasteiger partial charge >= 0.3 is 12.1 Å². The summed E-state index contributed by atoms with van der Waals surface area (Å²) in [6, 6.07) is 22.0. The number of carbonyl (C=O) groups is 3. The molecule has 1 aliphatic carbocycles. The van der Waals surface area contributed by atoms with Crippen LogP contribution in [0.25, 0.3) is 11.1 Å². The highest BCUT2D eigenvalue weighted by atomic mass is 16.5. The number of hydrogen-bond donors (Lipinski definition) is 3. The first-order valence-corrected chi connectivity index (χ1v) is 11.7. The van der Waals surface area contributed by atoms with Crippen molar-refractivity contribution < 1.29 is 24.2 Å². The molecule has 0 saturated carbocycles. The summed E-state index contributed by atoms with van der Waals surface area (Å²) in [6.45, 7) is 2.15. The van der Waals surface area contributed by atoms with E-state index in [-0.39, 0.29) is 12.5 Å². The first-order chi connectivity index (χ1) is 17.0. The SMILES string of the molecule is CCCc1ccc(NC(=O)C(CC(=O)O)NC(=O)OCC2c3ccccc3-c3ccccc32)cc1. The predicted octanol–water partition coefficient (Wildman–Crippen LogP) is 4.96. The molecule has 3 aromatic carbocycles. The number of anilines is 1. The predicted molar refractivity (Wildman–Crippen MR) is 133 cm³/mol. The molecule has 0 bridgehead atoms. The first-order valence-electron chi connectivity index (χ1n) is 11.7. The number of amides is 2. The Labute approximate surface area is 204 Å². The number of aryl methyl sites for hydroxylation is 1. The monoisotopic (exact) mass is 472 g/mol. The quantitative estimate of drug-likeness (QED) is 0.408. The highest BCUT2D eigenvalue weighted by Gasteiger charge is 2.30. The lowest BCUT2D eigenvalue weighted by atomic mass is 9.98. The number of carbonyl (C=O) groups excluding carboxylic acids is 2. The molecule has 0 saturated heterocycles. The molecule has 1 atom stereocenters. The fourth-order valence-electron chi connectivity index (χ4n) is 4.44. The summed E-state index contributed by atoms with van der Waals surface area (Å²) in [5, 5.41) is 14.3. The second-order valence-electron chi connectivity index (χ2n) is 8.56. The third-order valence-electron chi connectivity index (χ3n) is 6.09. The van der Waals surface area contributed by atoms with E-state index in [4.69, 9.17) is 4.74 Å². The number of aliphatic carboxylic acids is 1. The molecule has 0 radical (unpaired) electrons. The van der Waals surface area contributed by atoms with Gasteiger partial charge < -0.3 is 20.5 Å². The summed E-state index contributed by atoms with van der Waals surface area (Å²) in [6.07, 6.45) is 0.533. The van der Waals surface area contributed by atoms with Gasteiger partial charge in [-0.15, -0.1) is 0 Å². The van der Waals surface area contributed by atoms with Crippen molar-refractivity contribution in [1.82, 2.24) is 5.32 Å². The van der Waals surface area contributed by atoms with Crippen LogP contribution in [0.4, 0.5) is 10.5 Å². The smallest absolute Gasteiger partial charge is 0.407 e. The molecule has 0 heterocycles. The van der Waals surface area contributed by atoms with Gasteiger partial charge in [-0.05, 0) is 46.4 Å². The summed E-state index contributed by atoms with van der Waals surface area (Å²) < 4.78 is 5.47. The molecule has 0 spiro atoms. The Hall–Kier alpha value is -4.13. The van der Waals surface area contributed by atoms with Gasteiger partial charge in [0.05, 0.1) is 6.42 Å². The molecular weight excluding hydrogens is 444 g/mol. The Morgan fingerprint density at radius 1 is 0.914 bits per heavy atom. The van der Waals surface area contributed by atoms with Crippen molar-refractivity contribution in [1.29, 1.82) is 0 Å². The average molecular weight is 473 g/mol. The molecule has 4 rings (SSSR count). The minimum Gasteiger partial charge on any atom is -0.481 e. The number of carboxylic acid groups (broad SMARTS) is 1. The number of ether oxygens (including phenoxy) is 1. The second kappa shape index (κ2) is 10.9. The number of nitrogens with one attached hydrogen (secondary N) is 2. The van der Waals surface area contributed by atoms with Crippen LogP contribution in [0, 0.1) is 0 Å². The van der Waals surface area contributed by atoms with E-state index in [1.165, 1.54) is 0 Å². The summed E-state index contributed by atoms with van der Waals surface area (Å²) in [7, 11) is 0. The van der Waals surface area contributed by atoms with Gasteiger partial charge in [0.25, 0.3) is 0 Å². The van der Waals surface area contributed by atoms with Crippen LogP contribution in [0.2, 0.25) is 0 Å². The maximum absolute atomic E-state index is 12.7. The summed E-state index contributed by atoms with van der Waals surface area (Å²) >= 11 is 0. The summed E-state index contributed by atoms with van der Waals surface area (Å²) in [5.74, 6) is -1.96. The van der Waals surface area contributed by atoms with Gasteiger partial charge in [-0.25, -0.2) is 4.79 Å². The maximum Gasteiger partial charge on any atom is 0.407 e. The van der Waals surface area contributed by atoms with Crippen LogP contribution < -0.4 is 10.6 Å². The van der Waals surface area contributed by atoms with E-state index >= 15 is 0 Å². The second-order valence-corrected chi connectivity index (χ2v) is 8.56. The lowest BCUT2D eigenvalue weighted by molar-refractivity contribution is -0.139. The molecule has 3 N–H and O–H groups in total. The largest absolute Gasteiger partial charge is 0.481 e. The Morgan fingerprint density at radius 2 is 1.51 bits per heavy atom. The Kier molecular flexibility index (Phi) is 7.45. The molecule has 2 amide bonds. The topological polar surface area (TPSA) is 105 Å². The molecule has 0 aliphatic heterocycles. The van der Waals surface area contributed by atoms with Gasteiger partial charge in [0.15, 0.2) is 0 Å². The van der Waals surface area contributed by atoms with Gasteiger partial charge in [-0.3, -0.25) is 9.59 Å². The van der Waals surface area contributed by atoms with Crippen molar-refractivity contribution >= 4 is 23.7 Å². The minimum absolute atomic E-state index is 0.0696. The molecule has 180 valence electrons. The van der Waals surface area contributed by atoms with Crippen LogP contribution in [-0.4, -0.2) is 35.7 Å². The van der Waals surface area contributed by atoms with Crippen molar-refractivity contribution in [2.24, 2.45) is 0 Å². The van der Waals surface area contributed by atoms with Crippen molar-refractivity contribution in [3.05, 3.63) is 89.5 Å². The van der Waals surface area contributed by atoms with Gasteiger partial charge in [0, 0.05) is 11.6 Å². The van der Waals surface area contributed by atoms with E-state index in [1.54, 1.807) is 12.1 Å². The van der Waals surface area contributed by atoms with Crippen molar-refractivity contribution in [2.45, 2.75) is 38.1 Å². The summed E-state index contributed by atoms with van der Waals surface area (Å²) in [4.78, 5) is 36.7. The number of alkyl carbamates (subject to hydrolysis) is 1. The van der Waals surface area contributed by atoms with Crippen molar-refractivity contribution in [3.8, 4) is 11.1 Å². The van der Waals surface area contributed by atoms with E-state index in [0.29, 0.717) is 5.69 Å². The molecule has 0 fully saturated rings. The van der Waals surface area contributed by atoms with Crippen LogP contribution in [-0.2, 0) is 20.7 Å². The first kappa shape index (κ1) is 24.0. The molecule has 1 aliphatic rings. The number of hydrogen-bond acceptors (Lipinski definition) is 4. The van der Waals surface area contributed by atoms with Gasteiger partial charge in [-0.1, -0.05) is 74.0 Å². The fraction of sp³-hybridized carbons (Fsp3) is 0.250. The number of benzene rings is 3. The van der Waals surface area contributed by atoms with E-state index in [2.05, 4.69) is 17.6 Å². The zero-order valence-electron chi connectivity index (χ0n) is 19.5. The molecular formula is C28H28N2O5. The highest BCUT2D eigenvalue weighted by Crippen LogP contribution is 2.44. The van der Waals surface area contributed by atoms with E-state index < -0.39 is 30.4 Å².